The summed E-state index contributed by atoms with van der Waals surface area (Å²) in [6.07, 6.45) is 24.1. The Balaban J connectivity index is 1.25. The normalized spacial score (nSPS) is 26.6. The monoisotopic (exact) mass is 426 g/mol. The molecule has 0 heterocycles. The second kappa shape index (κ2) is 14.2. The minimum Gasteiger partial charge on any atom is -0.494 e. The predicted octanol–water partition coefficient (Wildman–Crippen LogP) is 9.70. The van der Waals surface area contributed by atoms with Crippen molar-refractivity contribution in [1.82, 2.24) is 0 Å². The van der Waals surface area contributed by atoms with Crippen LogP contribution in [0.15, 0.2) is 24.3 Å². The number of ether oxygens (including phenoxy) is 1. The molecule has 0 radical (unpaired) electrons. The van der Waals surface area contributed by atoms with Crippen molar-refractivity contribution in [2.75, 3.05) is 6.61 Å². The van der Waals surface area contributed by atoms with E-state index in [0.717, 1.165) is 36.0 Å². The molecule has 1 nitrogen and oxygen atoms in total. The van der Waals surface area contributed by atoms with Crippen LogP contribution in [-0.2, 0) is 0 Å². The lowest BCUT2D eigenvalue weighted by Gasteiger charge is -2.29. The maximum Gasteiger partial charge on any atom is 0.119 e. The molecule has 0 amide bonds. The summed E-state index contributed by atoms with van der Waals surface area (Å²) in [6.45, 7) is 5.52. The van der Waals surface area contributed by atoms with Crippen molar-refractivity contribution in [2.45, 2.75) is 129 Å². The van der Waals surface area contributed by atoms with E-state index >= 15 is 0 Å². The van der Waals surface area contributed by atoms with E-state index in [4.69, 9.17) is 4.74 Å². The lowest BCUT2D eigenvalue weighted by Crippen LogP contribution is -2.15. The summed E-state index contributed by atoms with van der Waals surface area (Å²) in [7, 11) is 0. The van der Waals surface area contributed by atoms with Gasteiger partial charge in [-0.1, -0.05) is 96.6 Å². The van der Waals surface area contributed by atoms with Gasteiger partial charge < -0.3 is 4.74 Å². The summed E-state index contributed by atoms with van der Waals surface area (Å²) in [4.78, 5) is 0. The fourth-order valence-electron chi connectivity index (χ4n) is 6.26. The average Bonchev–Trinajstić information content (AvgIpc) is 2.82. The zero-order valence-electron chi connectivity index (χ0n) is 20.8. The van der Waals surface area contributed by atoms with Crippen LogP contribution in [0.3, 0.4) is 0 Å². The number of benzene rings is 1. The third kappa shape index (κ3) is 8.82. The van der Waals surface area contributed by atoms with Crippen molar-refractivity contribution < 1.29 is 4.74 Å². The third-order valence-corrected chi connectivity index (χ3v) is 8.35. The van der Waals surface area contributed by atoms with Gasteiger partial charge in [0.2, 0.25) is 0 Å². The molecular formula is C30H50O. The highest BCUT2D eigenvalue weighted by molar-refractivity contribution is 5.29. The van der Waals surface area contributed by atoms with Crippen LogP contribution >= 0.6 is 0 Å². The van der Waals surface area contributed by atoms with Crippen molar-refractivity contribution in [3.05, 3.63) is 29.8 Å². The Morgan fingerprint density at radius 3 is 1.81 bits per heavy atom. The highest BCUT2D eigenvalue weighted by Gasteiger charge is 2.22. The van der Waals surface area contributed by atoms with Crippen LogP contribution in [0, 0.1) is 17.8 Å². The standard InChI is InChI=1S/C30H50O/c1-3-5-6-7-10-26-12-14-27(15-13-26)11-8-24-31-30-22-20-29(21-23-30)28-18-16-25(9-4-2)17-19-28/h20-23,25-28H,3-19,24H2,1-2H3. The molecular weight excluding hydrogens is 376 g/mol. The smallest absolute Gasteiger partial charge is 0.119 e. The second-order valence-electron chi connectivity index (χ2n) is 10.8. The molecule has 0 saturated heterocycles. The number of hydrogen-bond donors (Lipinski definition) is 0. The van der Waals surface area contributed by atoms with Crippen molar-refractivity contribution in [2.24, 2.45) is 17.8 Å². The zero-order valence-corrected chi connectivity index (χ0v) is 20.8. The highest BCUT2D eigenvalue weighted by atomic mass is 16.5. The van der Waals surface area contributed by atoms with E-state index in [0.29, 0.717) is 0 Å². The molecule has 0 spiro atoms. The van der Waals surface area contributed by atoms with Gasteiger partial charge in [0, 0.05) is 0 Å². The van der Waals surface area contributed by atoms with E-state index in [2.05, 4.69) is 38.1 Å². The van der Waals surface area contributed by atoms with Gasteiger partial charge in [0.1, 0.15) is 5.75 Å². The van der Waals surface area contributed by atoms with E-state index < -0.39 is 0 Å². The Bertz CT molecular complexity index is 561. The first-order valence-corrected chi connectivity index (χ1v) is 14.0. The van der Waals surface area contributed by atoms with Gasteiger partial charge in [0.15, 0.2) is 0 Å². The van der Waals surface area contributed by atoms with E-state index in [-0.39, 0.29) is 0 Å². The van der Waals surface area contributed by atoms with E-state index in [1.807, 2.05) is 0 Å². The van der Waals surface area contributed by atoms with Gasteiger partial charge in [-0.05, 0) is 79.9 Å². The molecule has 0 atom stereocenters. The van der Waals surface area contributed by atoms with Crippen LogP contribution in [-0.4, -0.2) is 6.61 Å². The Kier molecular flexibility index (Phi) is 11.3. The van der Waals surface area contributed by atoms with Crippen molar-refractivity contribution in [1.29, 1.82) is 0 Å². The van der Waals surface area contributed by atoms with Crippen LogP contribution in [0.5, 0.6) is 5.75 Å². The first kappa shape index (κ1) is 24.7. The zero-order chi connectivity index (χ0) is 21.7. The summed E-state index contributed by atoms with van der Waals surface area (Å²) in [5, 5.41) is 0. The summed E-state index contributed by atoms with van der Waals surface area (Å²) in [5.74, 6) is 4.83. The SMILES string of the molecule is CCCCCCC1CCC(CCCOc2ccc(C3CCC(CCC)CC3)cc2)CC1. The number of rotatable bonds is 13. The fraction of sp³-hybridized carbons (Fsp3) is 0.800. The largest absolute Gasteiger partial charge is 0.494 e. The van der Waals surface area contributed by atoms with Crippen LogP contribution in [0.4, 0.5) is 0 Å². The molecule has 0 N–H and O–H groups in total. The molecule has 1 heteroatoms. The van der Waals surface area contributed by atoms with Gasteiger partial charge >= 0.3 is 0 Å². The average molecular weight is 427 g/mol. The minimum absolute atomic E-state index is 0.781. The molecule has 176 valence electrons. The lowest BCUT2D eigenvalue weighted by molar-refractivity contribution is 0.228. The quantitative estimate of drug-likeness (QED) is 0.285. The minimum atomic E-state index is 0.781. The van der Waals surface area contributed by atoms with Gasteiger partial charge in [0.25, 0.3) is 0 Å². The molecule has 0 aromatic heterocycles. The van der Waals surface area contributed by atoms with Crippen molar-refractivity contribution in [3.8, 4) is 5.75 Å². The third-order valence-electron chi connectivity index (χ3n) is 8.35. The van der Waals surface area contributed by atoms with E-state index in [1.54, 1.807) is 0 Å². The molecule has 2 saturated carbocycles. The lowest BCUT2D eigenvalue weighted by atomic mass is 9.77. The molecule has 1 aromatic carbocycles. The molecule has 3 rings (SSSR count). The first-order valence-electron chi connectivity index (χ1n) is 14.0. The molecule has 2 aliphatic rings. The molecule has 2 aliphatic carbocycles. The van der Waals surface area contributed by atoms with Gasteiger partial charge in [0.05, 0.1) is 6.61 Å². The molecule has 31 heavy (non-hydrogen) atoms. The maximum absolute atomic E-state index is 6.09. The molecule has 0 aliphatic heterocycles. The predicted molar refractivity (Wildman–Crippen MR) is 135 cm³/mol. The van der Waals surface area contributed by atoms with Gasteiger partial charge in [-0.2, -0.15) is 0 Å². The van der Waals surface area contributed by atoms with Crippen LogP contribution in [0.1, 0.15) is 134 Å². The van der Waals surface area contributed by atoms with Crippen molar-refractivity contribution in [3.63, 3.8) is 0 Å². The summed E-state index contributed by atoms with van der Waals surface area (Å²) in [6, 6.07) is 9.11. The topological polar surface area (TPSA) is 9.23 Å². The maximum atomic E-state index is 6.09. The molecule has 0 unspecified atom stereocenters. The number of hydrogen-bond acceptors (Lipinski definition) is 1. The van der Waals surface area contributed by atoms with Crippen LogP contribution in [0.25, 0.3) is 0 Å². The Labute approximate surface area is 193 Å². The van der Waals surface area contributed by atoms with Crippen molar-refractivity contribution >= 4 is 0 Å². The van der Waals surface area contributed by atoms with E-state index in [9.17, 15) is 0 Å². The Morgan fingerprint density at radius 2 is 1.19 bits per heavy atom. The van der Waals surface area contributed by atoms with Gasteiger partial charge in [-0.15, -0.1) is 0 Å². The van der Waals surface area contributed by atoms with Gasteiger partial charge in [-0.25, -0.2) is 0 Å². The molecule has 1 aromatic rings. The Morgan fingerprint density at radius 1 is 0.613 bits per heavy atom. The van der Waals surface area contributed by atoms with E-state index in [1.165, 1.54) is 115 Å². The first-order chi connectivity index (χ1) is 15.3. The summed E-state index contributed by atoms with van der Waals surface area (Å²) < 4.78 is 6.09. The summed E-state index contributed by atoms with van der Waals surface area (Å²) in [5.41, 5.74) is 1.54. The number of unbranched alkanes of at least 4 members (excludes halogenated alkanes) is 3. The fourth-order valence-corrected chi connectivity index (χ4v) is 6.26. The highest BCUT2D eigenvalue weighted by Crippen LogP contribution is 2.38. The molecule has 2 fully saturated rings. The van der Waals surface area contributed by atoms with Crippen LogP contribution < -0.4 is 4.74 Å². The van der Waals surface area contributed by atoms with Crippen LogP contribution in [0.2, 0.25) is 0 Å². The summed E-state index contributed by atoms with van der Waals surface area (Å²) >= 11 is 0. The van der Waals surface area contributed by atoms with Gasteiger partial charge in [-0.3, -0.25) is 0 Å². The second-order valence-corrected chi connectivity index (χ2v) is 10.8. The Hall–Kier alpha value is -0.980. The molecule has 0 bridgehead atoms.